The van der Waals surface area contributed by atoms with Crippen LogP contribution in [0.15, 0.2) is 78.9 Å². The van der Waals surface area contributed by atoms with E-state index in [4.69, 9.17) is 4.74 Å². The molecule has 0 bridgehead atoms. The summed E-state index contributed by atoms with van der Waals surface area (Å²) in [6.45, 7) is 2.64. The first kappa shape index (κ1) is 19.5. The van der Waals surface area contributed by atoms with Crippen molar-refractivity contribution in [3.8, 4) is 5.75 Å². The van der Waals surface area contributed by atoms with Crippen molar-refractivity contribution in [2.45, 2.75) is 25.6 Å². The van der Waals surface area contributed by atoms with Crippen molar-refractivity contribution in [1.82, 2.24) is 20.2 Å². The molecule has 0 saturated carbocycles. The molecular formula is C25H26N5O+. The number of aromatic nitrogens is 4. The number of hydrogen-bond donors (Lipinski definition) is 1. The van der Waals surface area contributed by atoms with Gasteiger partial charge >= 0.3 is 0 Å². The lowest BCUT2D eigenvalue weighted by Crippen LogP contribution is -3.12. The van der Waals surface area contributed by atoms with Crippen LogP contribution in [0.3, 0.4) is 0 Å². The van der Waals surface area contributed by atoms with Gasteiger partial charge in [-0.15, -0.1) is 5.10 Å². The van der Waals surface area contributed by atoms with Gasteiger partial charge in [-0.2, -0.15) is 0 Å². The number of benzene rings is 3. The molecule has 1 aromatic heterocycles. The van der Waals surface area contributed by atoms with Gasteiger partial charge in [0.2, 0.25) is 5.82 Å². The fraction of sp³-hybridized carbons (Fsp3) is 0.240. The molecule has 4 aromatic rings. The van der Waals surface area contributed by atoms with Crippen molar-refractivity contribution in [3.05, 3.63) is 107 Å². The van der Waals surface area contributed by atoms with Crippen LogP contribution in [0, 0.1) is 0 Å². The Labute approximate surface area is 182 Å². The first-order valence-electron chi connectivity index (χ1n) is 10.7. The molecule has 0 amide bonds. The first-order valence-corrected chi connectivity index (χ1v) is 10.7. The zero-order valence-corrected chi connectivity index (χ0v) is 17.6. The molecule has 2 atom stereocenters. The molecule has 1 aliphatic rings. The molecule has 6 nitrogen and oxygen atoms in total. The van der Waals surface area contributed by atoms with Crippen LogP contribution in [-0.2, 0) is 19.5 Å². The average molecular weight is 413 g/mol. The predicted octanol–water partition coefficient (Wildman–Crippen LogP) is 2.46. The van der Waals surface area contributed by atoms with Crippen LogP contribution in [0.4, 0.5) is 0 Å². The molecule has 0 radical (unpaired) electrons. The molecule has 3 aromatic carbocycles. The van der Waals surface area contributed by atoms with E-state index in [0.29, 0.717) is 6.54 Å². The number of quaternary nitrogens is 1. The van der Waals surface area contributed by atoms with Crippen LogP contribution < -0.4 is 9.64 Å². The highest BCUT2D eigenvalue weighted by molar-refractivity contribution is 5.32. The standard InChI is InChI=1S/C25H25N5O/c1-31-23-13-11-21(12-14-23)24(29-16-15-20-9-5-6-10-22(20)18-29)25-26-27-28-30(25)17-19-7-3-2-4-8-19/h2-14,24H,15-18H2,1H3/p+1/t24-/m0/s1. The van der Waals surface area contributed by atoms with Gasteiger partial charge < -0.3 is 9.64 Å². The Bertz CT molecular complexity index is 1140. The molecule has 31 heavy (non-hydrogen) atoms. The van der Waals surface area contributed by atoms with Gasteiger partial charge in [0.25, 0.3) is 0 Å². The Morgan fingerprint density at radius 3 is 2.45 bits per heavy atom. The summed E-state index contributed by atoms with van der Waals surface area (Å²) in [5.41, 5.74) is 5.23. The number of nitrogens with zero attached hydrogens (tertiary/aromatic N) is 4. The quantitative estimate of drug-likeness (QED) is 0.529. The largest absolute Gasteiger partial charge is 0.497 e. The van der Waals surface area contributed by atoms with Crippen molar-refractivity contribution >= 4 is 0 Å². The van der Waals surface area contributed by atoms with Crippen molar-refractivity contribution in [1.29, 1.82) is 0 Å². The number of tetrazole rings is 1. The summed E-state index contributed by atoms with van der Waals surface area (Å²) in [4.78, 5) is 1.45. The van der Waals surface area contributed by atoms with Crippen molar-refractivity contribution in [2.24, 2.45) is 0 Å². The Hall–Kier alpha value is -3.51. The summed E-state index contributed by atoms with van der Waals surface area (Å²) in [6, 6.07) is 27.4. The van der Waals surface area contributed by atoms with Crippen LogP contribution in [-0.4, -0.2) is 33.9 Å². The molecule has 5 rings (SSSR count). The molecule has 1 unspecified atom stereocenters. The molecule has 0 aliphatic carbocycles. The second-order valence-corrected chi connectivity index (χ2v) is 7.99. The second-order valence-electron chi connectivity index (χ2n) is 7.99. The first-order chi connectivity index (χ1) is 15.3. The van der Waals surface area contributed by atoms with Gasteiger partial charge in [-0.1, -0.05) is 54.6 Å². The summed E-state index contributed by atoms with van der Waals surface area (Å²) < 4.78 is 7.32. The van der Waals surface area contributed by atoms with E-state index in [9.17, 15) is 0 Å². The molecule has 0 spiro atoms. The number of methoxy groups -OCH3 is 1. The second kappa shape index (κ2) is 8.70. The Kier molecular flexibility index (Phi) is 5.46. The summed E-state index contributed by atoms with van der Waals surface area (Å²) in [7, 11) is 1.69. The average Bonchev–Trinajstić information content (AvgIpc) is 3.28. The van der Waals surface area contributed by atoms with E-state index in [0.717, 1.165) is 31.1 Å². The summed E-state index contributed by atoms with van der Waals surface area (Å²) >= 11 is 0. The molecule has 0 saturated heterocycles. The van der Waals surface area contributed by atoms with E-state index in [1.807, 2.05) is 35.0 Å². The maximum absolute atomic E-state index is 5.38. The molecule has 0 fully saturated rings. The number of hydrogen-bond acceptors (Lipinski definition) is 4. The molecule has 1 N–H and O–H groups in total. The lowest BCUT2D eigenvalue weighted by Gasteiger charge is -2.32. The van der Waals surface area contributed by atoms with Gasteiger partial charge in [0.05, 0.1) is 20.2 Å². The normalized spacial score (nSPS) is 16.5. The Morgan fingerprint density at radius 1 is 0.935 bits per heavy atom. The van der Waals surface area contributed by atoms with Crippen molar-refractivity contribution in [2.75, 3.05) is 13.7 Å². The smallest absolute Gasteiger partial charge is 0.214 e. The zero-order chi connectivity index (χ0) is 21.0. The number of nitrogens with one attached hydrogen (secondary N) is 1. The lowest BCUT2D eigenvalue weighted by atomic mass is 9.96. The van der Waals surface area contributed by atoms with Gasteiger partial charge in [-0.05, 0) is 45.8 Å². The highest BCUT2D eigenvalue weighted by atomic mass is 16.5. The SMILES string of the molecule is COc1ccc([C@@H](c2nnnn2Cc2ccccc2)[NH+]2CCc3ccccc3C2)cc1. The van der Waals surface area contributed by atoms with Crippen LogP contribution in [0.2, 0.25) is 0 Å². The van der Waals surface area contributed by atoms with Crippen LogP contribution >= 0.6 is 0 Å². The van der Waals surface area contributed by atoms with E-state index in [1.165, 1.54) is 27.2 Å². The van der Waals surface area contributed by atoms with E-state index >= 15 is 0 Å². The topological polar surface area (TPSA) is 57.3 Å². The van der Waals surface area contributed by atoms with Gasteiger partial charge in [-0.3, -0.25) is 0 Å². The minimum absolute atomic E-state index is 0.0398. The third kappa shape index (κ3) is 4.07. The molecule has 156 valence electrons. The Morgan fingerprint density at radius 2 is 1.68 bits per heavy atom. The third-order valence-electron chi connectivity index (χ3n) is 6.10. The van der Waals surface area contributed by atoms with Crippen molar-refractivity contribution in [3.63, 3.8) is 0 Å². The minimum Gasteiger partial charge on any atom is -0.497 e. The maximum atomic E-state index is 5.38. The molecule has 2 heterocycles. The minimum atomic E-state index is 0.0398. The third-order valence-corrected chi connectivity index (χ3v) is 6.10. The van der Waals surface area contributed by atoms with E-state index < -0.39 is 0 Å². The molecular weight excluding hydrogens is 386 g/mol. The van der Waals surface area contributed by atoms with Crippen LogP contribution in [0.25, 0.3) is 0 Å². The van der Waals surface area contributed by atoms with E-state index in [2.05, 4.69) is 64.1 Å². The highest BCUT2D eigenvalue weighted by Crippen LogP contribution is 2.23. The van der Waals surface area contributed by atoms with Crippen LogP contribution in [0.1, 0.15) is 34.1 Å². The zero-order valence-electron chi connectivity index (χ0n) is 17.6. The fourth-order valence-corrected chi connectivity index (χ4v) is 4.50. The van der Waals surface area contributed by atoms with Crippen LogP contribution in [0.5, 0.6) is 5.75 Å². The van der Waals surface area contributed by atoms with Gasteiger partial charge in [0.1, 0.15) is 12.3 Å². The van der Waals surface area contributed by atoms with Crippen molar-refractivity contribution < 1.29 is 9.64 Å². The molecule has 6 heteroatoms. The van der Waals surface area contributed by atoms with E-state index in [1.54, 1.807) is 7.11 Å². The summed E-state index contributed by atoms with van der Waals surface area (Å²) in [5.74, 6) is 1.74. The fourth-order valence-electron chi connectivity index (χ4n) is 4.50. The molecule has 1 aliphatic heterocycles. The van der Waals surface area contributed by atoms with E-state index in [-0.39, 0.29) is 6.04 Å². The maximum Gasteiger partial charge on any atom is 0.214 e. The van der Waals surface area contributed by atoms with Gasteiger partial charge in [0, 0.05) is 17.5 Å². The number of ether oxygens (including phenoxy) is 1. The summed E-state index contributed by atoms with van der Waals surface area (Å²) in [6.07, 6.45) is 1.05. The lowest BCUT2D eigenvalue weighted by molar-refractivity contribution is -0.941. The van der Waals surface area contributed by atoms with Gasteiger partial charge in [-0.25, -0.2) is 4.68 Å². The highest BCUT2D eigenvalue weighted by Gasteiger charge is 2.34. The predicted molar refractivity (Wildman–Crippen MR) is 118 cm³/mol. The summed E-state index contributed by atoms with van der Waals surface area (Å²) in [5, 5.41) is 12.9. The monoisotopic (exact) mass is 412 g/mol. The van der Waals surface area contributed by atoms with Gasteiger partial charge in [0.15, 0.2) is 6.04 Å². The number of fused-ring (bicyclic) bond motifs is 1. The Balaban J connectivity index is 1.53. The number of rotatable bonds is 6.